The number of hydrogen-bond donors (Lipinski definition) is 1. The van der Waals surface area contributed by atoms with Crippen LogP contribution in [0.25, 0.3) is 0 Å². The van der Waals surface area contributed by atoms with Crippen LogP contribution in [0.5, 0.6) is 0 Å². The molecule has 2 saturated carbocycles. The van der Waals surface area contributed by atoms with Gasteiger partial charge < -0.3 is 14.6 Å². The van der Waals surface area contributed by atoms with Crippen molar-refractivity contribution in [2.24, 2.45) is 11.3 Å². The monoisotopic (exact) mass is 184 g/mol. The van der Waals surface area contributed by atoms with Crippen LogP contribution in [-0.4, -0.2) is 31.7 Å². The molecule has 74 valence electrons. The van der Waals surface area contributed by atoms with Gasteiger partial charge >= 0.3 is 0 Å². The Morgan fingerprint density at radius 3 is 3.00 bits per heavy atom. The molecule has 0 saturated heterocycles. The Bertz CT molecular complexity index is 222. The second-order valence-electron chi connectivity index (χ2n) is 4.04. The van der Waals surface area contributed by atoms with Crippen LogP contribution in [-0.2, 0) is 9.47 Å². The molecule has 0 bridgehead atoms. The van der Waals surface area contributed by atoms with Crippen LogP contribution in [0.2, 0.25) is 0 Å². The fraction of sp³-hybridized carbons (Fsp3) is 0.800. The summed E-state index contributed by atoms with van der Waals surface area (Å²) in [6, 6.07) is 0. The third kappa shape index (κ3) is 1.23. The number of methoxy groups -OCH3 is 1. The Morgan fingerprint density at radius 2 is 2.46 bits per heavy atom. The maximum atomic E-state index is 9.23. The highest BCUT2D eigenvalue weighted by Crippen LogP contribution is 2.66. The topological polar surface area (TPSA) is 38.7 Å². The van der Waals surface area contributed by atoms with E-state index in [1.807, 2.05) is 0 Å². The van der Waals surface area contributed by atoms with Gasteiger partial charge in [-0.2, -0.15) is 0 Å². The van der Waals surface area contributed by atoms with Crippen molar-refractivity contribution in [3.8, 4) is 0 Å². The van der Waals surface area contributed by atoms with Crippen LogP contribution in [0, 0.1) is 11.3 Å². The van der Waals surface area contributed by atoms with E-state index < -0.39 is 0 Å². The third-order valence-electron chi connectivity index (χ3n) is 3.43. The zero-order chi connectivity index (χ0) is 9.47. The normalized spacial score (nSPS) is 42.2. The highest BCUT2D eigenvalue weighted by atomic mass is 16.7. The third-order valence-corrected chi connectivity index (χ3v) is 3.43. The van der Waals surface area contributed by atoms with Crippen molar-refractivity contribution in [3.63, 3.8) is 0 Å². The summed E-state index contributed by atoms with van der Waals surface area (Å²) in [4.78, 5) is 0. The summed E-state index contributed by atoms with van der Waals surface area (Å²) in [5.41, 5.74) is 1.08. The van der Waals surface area contributed by atoms with E-state index in [0.717, 1.165) is 18.4 Å². The molecule has 0 aromatic rings. The fourth-order valence-corrected chi connectivity index (χ4v) is 2.42. The predicted octanol–water partition coefficient (Wildman–Crippen LogP) is 0.934. The molecule has 0 aliphatic heterocycles. The van der Waals surface area contributed by atoms with Crippen LogP contribution >= 0.6 is 0 Å². The van der Waals surface area contributed by atoms with E-state index >= 15 is 0 Å². The average molecular weight is 184 g/mol. The number of hydrogen-bond acceptors (Lipinski definition) is 3. The molecule has 3 unspecified atom stereocenters. The van der Waals surface area contributed by atoms with Gasteiger partial charge in [-0.05, 0) is 24.3 Å². The van der Waals surface area contributed by atoms with Crippen LogP contribution in [0.1, 0.15) is 12.8 Å². The molecule has 0 radical (unpaired) electrons. The van der Waals surface area contributed by atoms with Gasteiger partial charge in [0, 0.05) is 12.5 Å². The number of aliphatic hydroxyl groups excluding tert-OH is 1. The molecule has 3 nitrogen and oxygen atoms in total. The van der Waals surface area contributed by atoms with Crippen LogP contribution in [0.4, 0.5) is 0 Å². The first-order valence-electron chi connectivity index (χ1n) is 4.65. The van der Waals surface area contributed by atoms with Gasteiger partial charge in [-0.25, -0.2) is 0 Å². The van der Waals surface area contributed by atoms with E-state index in [1.54, 1.807) is 7.11 Å². The Morgan fingerprint density at radius 1 is 1.69 bits per heavy atom. The molecule has 3 atom stereocenters. The van der Waals surface area contributed by atoms with Gasteiger partial charge in [0.25, 0.3) is 0 Å². The molecule has 0 amide bonds. The van der Waals surface area contributed by atoms with Gasteiger partial charge in [-0.15, -0.1) is 0 Å². The maximum Gasteiger partial charge on any atom is 0.147 e. The quantitative estimate of drug-likeness (QED) is 0.522. The predicted molar refractivity (Wildman–Crippen MR) is 48.1 cm³/mol. The first kappa shape index (κ1) is 9.19. The molecule has 2 aliphatic carbocycles. The lowest BCUT2D eigenvalue weighted by molar-refractivity contribution is -0.0600. The van der Waals surface area contributed by atoms with Crippen molar-refractivity contribution < 1.29 is 14.6 Å². The van der Waals surface area contributed by atoms with Gasteiger partial charge in [0.2, 0.25) is 0 Å². The number of rotatable bonds is 4. The highest BCUT2D eigenvalue weighted by molar-refractivity contribution is 5.32. The fourth-order valence-electron chi connectivity index (χ4n) is 2.42. The number of ether oxygens (including phenoxy) is 2. The number of aliphatic hydroxyl groups is 1. The zero-order valence-electron chi connectivity index (χ0n) is 7.95. The van der Waals surface area contributed by atoms with Crippen molar-refractivity contribution in [2.75, 3.05) is 20.5 Å². The Balaban J connectivity index is 1.94. The summed E-state index contributed by atoms with van der Waals surface area (Å²) in [7, 11) is 1.61. The van der Waals surface area contributed by atoms with Crippen molar-refractivity contribution in [2.45, 2.75) is 18.9 Å². The molecule has 13 heavy (non-hydrogen) atoms. The molecule has 2 fully saturated rings. The molecule has 0 aromatic heterocycles. The van der Waals surface area contributed by atoms with Crippen LogP contribution < -0.4 is 0 Å². The Hall–Kier alpha value is -0.380. The van der Waals surface area contributed by atoms with Crippen molar-refractivity contribution in [3.05, 3.63) is 12.2 Å². The molecule has 0 heterocycles. The molecule has 2 aliphatic rings. The van der Waals surface area contributed by atoms with E-state index in [0.29, 0.717) is 12.7 Å². The minimum absolute atomic E-state index is 0.0123. The molecular formula is C10H16O3. The van der Waals surface area contributed by atoms with E-state index in [4.69, 9.17) is 9.47 Å². The van der Waals surface area contributed by atoms with E-state index in [2.05, 4.69) is 6.58 Å². The van der Waals surface area contributed by atoms with Gasteiger partial charge in [-0.3, -0.25) is 0 Å². The van der Waals surface area contributed by atoms with Gasteiger partial charge in [0.15, 0.2) is 0 Å². The second-order valence-corrected chi connectivity index (χ2v) is 4.04. The first-order valence-corrected chi connectivity index (χ1v) is 4.65. The van der Waals surface area contributed by atoms with Gasteiger partial charge in [-0.1, -0.05) is 6.58 Å². The second kappa shape index (κ2) is 3.08. The zero-order valence-corrected chi connectivity index (χ0v) is 7.95. The minimum atomic E-state index is 0.0123. The largest absolute Gasteiger partial charge is 0.395 e. The lowest BCUT2D eigenvalue weighted by Gasteiger charge is -2.18. The molecule has 3 heteroatoms. The summed E-state index contributed by atoms with van der Waals surface area (Å²) in [6.45, 7) is 4.56. The summed E-state index contributed by atoms with van der Waals surface area (Å²) in [6.07, 6.45) is 2.20. The minimum Gasteiger partial charge on any atom is -0.395 e. The summed E-state index contributed by atoms with van der Waals surface area (Å²) < 4.78 is 10.3. The molecule has 1 N–H and O–H groups in total. The van der Waals surface area contributed by atoms with Crippen molar-refractivity contribution in [1.82, 2.24) is 0 Å². The first-order chi connectivity index (χ1) is 6.24. The summed E-state index contributed by atoms with van der Waals surface area (Å²) >= 11 is 0. The maximum absolute atomic E-state index is 9.23. The molecule has 0 aromatic carbocycles. The van der Waals surface area contributed by atoms with Gasteiger partial charge in [0.1, 0.15) is 6.79 Å². The lowest BCUT2D eigenvalue weighted by atomic mass is 9.99. The van der Waals surface area contributed by atoms with Gasteiger partial charge in [0.05, 0.1) is 12.7 Å². The number of fused-ring (bicyclic) bond motifs is 1. The summed E-state index contributed by atoms with van der Waals surface area (Å²) in [5.74, 6) is 0.604. The lowest BCUT2D eigenvalue weighted by Crippen LogP contribution is -2.19. The Labute approximate surface area is 78.3 Å². The van der Waals surface area contributed by atoms with Crippen molar-refractivity contribution in [1.29, 1.82) is 0 Å². The smallest absolute Gasteiger partial charge is 0.147 e. The van der Waals surface area contributed by atoms with E-state index in [9.17, 15) is 5.11 Å². The summed E-state index contributed by atoms with van der Waals surface area (Å²) in [5, 5.41) is 9.23. The van der Waals surface area contributed by atoms with Crippen molar-refractivity contribution >= 4 is 0 Å². The molecule has 2 rings (SSSR count). The van der Waals surface area contributed by atoms with Crippen LogP contribution in [0.15, 0.2) is 12.2 Å². The highest BCUT2D eigenvalue weighted by Gasteiger charge is 2.62. The molecular weight excluding hydrogens is 168 g/mol. The van der Waals surface area contributed by atoms with Crippen LogP contribution in [0.3, 0.4) is 0 Å². The standard InChI is InChI=1S/C10H16O3/c1-7-9(13-6-12-2)3-8-4-10(7,8)5-11/h8-9,11H,1,3-6H2,2H3. The molecule has 0 spiro atoms. The van der Waals surface area contributed by atoms with E-state index in [-0.39, 0.29) is 18.1 Å². The van der Waals surface area contributed by atoms with E-state index in [1.165, 1.54) is 0 Å². The Kier molecular flexibility index (Phi) is 2.18. The average Bonchev–Trinajstić information content (AvgIpc) is 2.80. The SMILES string of the molecule is C=C1C(OCOC)CC2CC12CO.